The van der Waals surface area contributed by atoms with Crippen LogP contribution in [0.1, 0.15) is 32.6 Å². The van der Waals surface area contributed by atoms with Crippen LogP contribution in [0.3, 0.4) is 0 Å². The second-order valence-electron chi connectivity index (χ2n) is 6.50. The Morgan fingerprint density at radius 3 is 2.47 bits per heavy atom. The summed E-state index contributed by atoms with van der Waals surface area (Å²) in [6.45, 7) is 8.73. The Bertz CT molecular complexity index is 248. The Hall–Kier alpha value is -0.160. The Labute approximate surface area is 118 Å². The molecule has 0 aromatic carbocycles. The average molecular weight is 269 g/mol. The Balaban J connectivity index is 1.66. The predicted octanol–water partition coefficient (Wildman–Crippen LogP) is 1.16. The van der Waals surface area contributed by atoms with Crippen molar-refractivity contribution in [2.45, 2.75) is 44.7 Å². The number of ether oxygens (including phenoxy) is 1. The minimum atomic E-state index is 0.467. The van der Waals surface area contributed by atoms with Crippen LogP contribution in [-0.2, 0) is 4.74 Å². The summed E-state index contributed by atoms with van der Waals surface area (Å²) in [7, 11) is 2.27. The minimum Gasteiger partial charge on any atom is -0.379 e. The van der Waals surface area contributed by atoms with Gasteiger partial charge in [-0.25, -0.2) is 0 Å². The van der Waals surface area contributed by atoms with Crippen molar-refractivity contribution in [3.63, 3.8) is 0 Å². The van der Waals surface area contributed by atoms with E-state index >= 15 is 0 Å². The summed E-state index contributed by atoms with van der Waals surface area (Å²) < 4.78 is 5.42. The molecule has 2 aliphatic rings. The zero-order valence-corrected chi connectivity index (χ0v) is 12.7. The number of morpholine rings is 1. The summed E-state index contributed by atoms with van der Waals surface area (Å²) in [5, 5.41) is 0. The van der Waals surface area contributed by atoms with E-state index in [2.05, 4.69) is 23.8 Å². The normalized spacial score (nSPS) is 31.6. The standard InChI is InChI=1S/C15H31N3O/c1-13(18-7-9-19-10-8-18)11-17(2)12-14-3-5-15(16)6-4-14/h13-15H,3-12,16H2,1-2H3/t13-,14?,15?/m0/s1. The van der Waals surface area contributed by atoms with E-state index in [1.165, 1.54) is 38.8 Å². The second kappa shape index (κ2) is 7.58. The maximum absolute atomic E-state index is 5.97. The first-order valence-corrected chi connectivity index (χ1v) is 7.91. The number of nitrogens with two attached hydrogens (primary N) is 1. The molecule has 1 heterocycles. The van der Waals surface area contributed by atoms with Gasteiger partial charge in [0.15, 0.2) is 0 Å². The Morgan fingerprint density at radius 2 is 1.84 bits per heavy atom. The molecule has 112 valence electrons. The lowest BCUT2D eigenvalue weighted by atomic mass is 9.86. The maximum atomic E-state index is 5.97. The fraction of sp³-hybridized carbons (Fsp3) is 1.00. The van der Waals surface area contributed by atoms with Gasteiger partial charge in [0, 0.05) is 38.3 Å². The zero-order valence-electron chi connectivity index (χ0n) is 12.7. The van der Waals surface area contributed by atoms with Gasteiger partial charge in [0.05, 0.1) is 13.2 Å². The van der Waals surface area contributed by atoms with E-state index in [0.717, 1.165) is 32.2 Å². The quantitative estimate of drug-likeness (QED) is 0.813. The van der Waals surface area contributed by atoms with Crippen LogP contribution >= 0.6 is 0 Å². The van der Waals surface area contributed by atoms with Crippen molar-refractivity contribution in [3.8, 4) is 0 Å². The molecule has 0 spiro atoms. The molecule has 1 aliphatic carbocycles. The van der Waals surface area contributed by atoms with Gasteiger partial charge in [-0.2, -0.15) is 0 Å². The molecule has 0 aromatic rings. The molecular formula is C15H31N3O. The first-order chi connectivity index (χ1) is 9.15. The zero-order chi connectivity index (χ0) is 13.7. The highest BCUT2D eigenvalue weighted by atomic mass is 16.5. The lowest BCUT2D eigenvalue weighted by Crippen LogP contribution is -2.47. The molecule has 1 aliphatic heterocycles. The molecule has 0 amide bonds. The van der Waals surface area contributed by atoms with Gasteiger partial charge in [-0.1, -0.05) is 0 Å². The lowest BCUT2D eigenvalue weighted by Gasteiger charge is -2.36. The van der Waals surface area contributed by atoms with Gasteiger partial charge < -0.3 is 15.4 Å². The monoisotopic (exact) mass is 269 g/mol. The molecule has 0 aromatic heterocycles. The van der Waals surface area contributed by atoms with Crippen molar-refractivity contribution in [2.24, 2.45) is 11.7 Å². The first-order valence-electron chi connectivity index (χ1n) is 7.91. The van der Waals surface area contributed by atoms with Crippen LogP contribution < -0.4 is 5.73 Å². The highest BCUT2D eigenvalue weighted by molar-refractivity contribution is 4.78. The van der Waals surface area contributed by atoms with Crippen LogP contribution in [0.25, 0.3) is 0 Å². The van der Waals surface area contributed by atoms with Crippen LogP contribution in [0.5, 0.6) is 0 Å². The van der Waals surface area contributed by atoms with E-state index in [4.69, 9.17) is 10.5 Å². The summed E-state index contributed by atoms with van der Waals surface area (Å²) in [5.41, 5.74) is 5.97. The number of likely N-dealkylation sites (N-methyl/N-ethyl adjacent to an activating group) is 1. The van der Waals surface area contributed by atoms with Gasteiger partial charge in [0.25, 0.3) is 0 Å². The third-order valence-corrected chi connectivity index (χ3v) is 4.71. The Morgan fingerprint density at radius 1 is 1.21 bits per heavy atom. The van der Waals surface area contributed by atoms with Crippen LogP contribution in [0.15, 0.2) is 0 Å². The van der Waals surface area contributed by atoms with Gasteiger partial charge in [-0.3, -0.25) is 4.90 Å². The molecule has 19 heavy (non-hydrogen) atoms. The molecule has 2 fully saturated rings. The van der Waals surface area contributed by atoms with Crippen LogP contribution in [0.4, 0.5) is 0 Å². The molecule has 0 bridgehead atoms. The van der Waals surface area contributed by atoms with Crippen LogP contribution in [0, 0.1) is 5.92 Å². The second-order valence-corrected chi connectivity index (χ2v) is 6.50. The molecule has 0 unspecified atom stereocenters. The summed E-state index contributed by atoms with van der Waals surface area (Å²) in [4.78, 5) is 5.07. The van der Waals surface area contributed by atoms with E-state index in [1.807, 2.05) is 0 Å². The molecule has 2 N–H and O–H groups in total. The SMILES string of the molecule is C[C@@H](CN(C)CC1CCC(N)CC1)N1CCOCC1. The molecule has 4 nitrogen and oxygen atoms in total. The summed E-state index contributed by atoms with van der Waals surface area (Å²) in [6.07, 6.45) is 5.07. The summed E-state index contributed by atoms with van der Waals surface area (Å²) >= 11 is 0. The molecule has 1 saturated heterocycles. The maximum Gasteiger partial charge on any atom is 0.0594 e. The number of nitrogens with zero attached hydrogens (tertiary/aromatic N) is 2. The largest absolute Gasteiger partial charge is 0.379 e. The fourth-order valence-electron chi connectivity index (χ4n) is 3.47. The fourth-order valence-corrected chi connectivity index (χ4v) is 3.47. The number of hydrogen-bond acceptors (Lipinski definition) is 4. The molecule has 1 saturated carbocycles. The Kier molecular flexibility index (Phi) is 6.07. The van der Waals surface area contributed by atoms with E-state index in [-0.39, 0.29) is 0 Å². The van der Waals surface area contributed by atoms with Crippen molar-refractivity contribution >= 4 is 0 Å². The molecule has 4 heteroatoms. The van der Waals surface area contributed by atoms with E-state index < -0.39 is 0 Å². The van der Waals surface area contributed by atoms with Crippen molar-refractivity contribution < 1.29 is 4.74 Å². The highest BCUT2D eigenvalue weighted by Gasteiger charge is 2.22. The van der Waals surface area contributed by atoms with Gasteiger partial charge >= 0.3 is 0 Å². The van der Waals surface area contributed by atoms with Crippen molar-refractivity contribution in [1.82, 2.24) is 9.80 Å². The molecule has 0 radical (unpaired) electrons. The average Bonchev–Trinajstić information content (AvgIpc) is 2.42. The predicted molar refractivity (Wildman–Crippen MR) is 79.3 cm³/mol. The van der Waals surface area contributed by atoms with Gasteiger partial charge in [-0.15, -0.1) is 0 Å². The van der Waals surface area contributed by atoms with Crippen molar-refractivity contribution in [3.05, 3.63) is 0 Å². The number of rotatable bonds is 5. The molecule has 2 rings (SSSR count). The first kappa shape index (κ1) is 15.2. The third-order valence-electron chi connectivity index (χ3n) is 4.71. The van der Waals surface area contributed by atoms with Crippen LogP contribution in [-0.4, -0.2) is 68.3 Å². The topological polar surface area (TPSA) is 41.7 Å². The van der Waals surface area contributed by atoms with E-state index in [0.29, 0.717) is 12.1 Å². The van der Waals surface area contributed by atoms with Gasteiger partial charge in [0.2, 0.25) is 0 Å². The van der Waals surface area contributed by atoms with Crippen LogP contribution in [0.2, 0.25) is 0 Å². The molecular weight excluding hydrogens is 238 g/mol. The van der Waals surface area contributed by atoms with Gasteiger partial charge in [0.1, 0.15) is 0 Å². The third kappa shape index (κ3) is 5.03. The highest BCUT2D eigenvalue weighted by Crippen LogP contribution is 2.23. The smallest absolute Gasteiger partial charge is 0.0594 e. The minimum absolute atomic E-state index is 0.467. The van der Waals surface area contributed by atoms with E-state index in [9.17, 15) is 0 Å². The molecule has 1 atom stereocenters. The van der Waals surface area contributed by atoms with Gasteiger partial charge in [-0.05, 0) is 45.6 Å². The number of hydrogen-bond donors (Lipinski definition) is 1. The summed E-state index contributed by atoms with van der Waals surface area (Å²) in [6, 6.07) is 1.11. The van der Waals surface area contributed by atoms with Crippen molar-refractivity contribution in [2.75, 3.05) is 46.4 Å². The lowest BCUT2D eigenvalue weighted by molar-refractivity contribution is 0.0129. The van der Waals surface area contributed by atoms with E-state index in [1.54, 1.807) is 0 Å². The summed E-state index contributed by atoms with van der Waals surface area (Å²) in [5.74, 6) is 0.863. The van der Waals surface area contributed by atoms with Crippen molar-refractivity contribution in [1.29, 1.82) is 0 Å².